The van der Waals surface area contributed by atoms with Gasteiger partial charge in [-0.3, -0.25) is 10.1 Å². The van der Waals surface area contributed by atoms with E-state index in [9.17, 15) is 10.1 Å². The van der Waals surface area contributed by atoms with E-state index in [4.69, 9.17) is 22.7 Å². The zero-order chi connectivity index (χ0) is 16.3. The standard InChI is InChI=1S/C15H15N3O3S/c1-9-3-4-10(2)14(5-9)21-13-7-11(17-15(16)22)6-12(8-13)18(19)20/h3-8H,1-2H3,(H3,16,17,22). The summed E-state index contributed by atoms with van der Waals surface area (Å²) in [7, 11) is 0. The highest BCUT2D eigenvalue weighted by molar-refractivity contribution is 7.80. The van der Waals surface area contributed by atoms with E-state index in [-0.39, 0.29) is 10.8 Å². The number of hydrogen-bond donors (Lipinski definition) is 2. The van der Waals surface area contributed by atoms with Crippen molar-refractivity contribution < 1.29 is 9.66 Å². The number of ether oxygens (including phenoxy) is 1. The van der Waals surface area contributed by atoms with Gasteiger partial charge in [0.1, 0.15) is 11.5 Å². The molecular weight excluding hydrogens is 302 g/mol. The van der Waals surface area contributed by atoms with Crippen LogP contribution in [0.15, 0.2) is 36.4 Å². The Morgan fingerprint density at radius 2 is 2.00 bits per heavy atom. The van der Waals surface area contributed by atoms with Gasteiger partial charge in [-0.05, 0) is 43.3 Å². The van der Waals surface area contributed by atoms with E-state index in [1.54, 1.807) is 6.07 Å². The lowest BCUT2D eigenvalue weighted by Gasteiger charge is -2.11. The van der Waals surface area contributed by atoms with Crippen molar-refractivity contribution in [1.29, 1.82) is 0 Å². The van der Waals surface area contributed by atoms with Crippen LogP contribution in [-0.2, 0) is 0 Å². The first-order valence-corrected chi connectivity index (χ1v) is 6.87. The summed E-state index contributed by atoms with van der Waals surface area (Å²) in [5, 5.41) is 13.7. The summed E-state index contributed by atoms with van der Waals surface area (Å²) in [4.78, 5) is 10.5. The fraction of sp³-hybridized carbons (Fsp3) is 0.133. The maximum atomic E-state index is 11.0. The van der Waals surface area contributed by atoms with Crippen molar-refractivity contribution in [3.63, 3.8) is 0 Å². The Bertz CT molecular complexity index is 747. The van der Waals surface area contributed by atoms with Gasteiger partial charge in [0.2, 0.25) is 0 Å². The van der Waals surface area contributed by atoms with Gasteiger partial charge in [0.05, 0.1) is 16.7 Å². The molecule has 0 saturated carbocycles. The molecule has 0 aliphatic carbocycles. The Kier molecular flexibility index (Phi) is 4.57. The van der Waals surface area contributed by atoms with Crippen LogP contribution < -0.4 is 15.8 Å². The predicted molar refractivity (Wildman–Crippen MR) is 89.5 cm³/mol. The first kappa shape index (κ1) is 15.7. The number of hydrogen-bond acceptors (Lipinski definition) is 4. The average Bonchev–Trinajstić information content (AvgIpc) is 2.42. The number of rotatable bonds is 4. The van der Waals surface area contributed by atoms with Crippen molar-refractivity contribution in [2.75, 3.05) is 5.32 Å². The van der Waals surface area contributed by atoms with E-state index in [1.807, 2.05) is 32.0 Å². The van der Waals surface area contributed by atoms with Crippen molar-refractivity contribution in [2.45, 2.75) is 13.8 Å². The molecule has 0 radical (unpaired) electrons. The third-order valence-electron chi connectivity index (χ3n) is 2.94. The normalized spacial score (nSPS) is 10.1. The fourth-order valence-corrected chi connectivity index (χ4v) is 2.02. The third kappa shape index (κ3) is 3.92. The van der Waals surface area contributed by atoms with Crippen molar-refractivity contribution in [2.24, 2.45) is 5.73 Å². The number of nitro groups is 1. The summed E-state index contributed by atoms with van der Waals surface area (Å²) in [5.74, 6) is 0.975. The summed E-state index contributed by atoms with van der Waals surface area (Å²) in [6.45, 7) is 3.85. The first-order chi connectivity index (χ1) is 10.3. The molecule has 22 heavy (non-hydrogen) atoms. The molecule has 2 aromatic carbocycles. The lowest BCUT2D eigenvalue weighted by atomic mass is 10.1. The SMILES string of the molecule is Cc1ccc(C)c(Oc2cc(NC(N)=S)cc([N+](=O)[O-])c2)c1. The van der Waals surface area contributed by atoms with Gasteiger partial charge in [-0.15, -0.1) is 0 Å². The molecular formula is C15H15N3O3S. The Labute approximate surface area is 133 Å². The van der Waals surface area contributed by atoms with Gasteiger partial charge < -0.3 is 15.8 Å². The largest absolute Gasteiger partial charge is 0.457 e. The third-order valence-corrected chi connectivity index (χ3v) is 3.04. The van der Waals surface area contributed by atoms with E-state index in [2.05, 4.69) is 5.32 Å². The maximum Gasteiger partial charge on any atom is 0.275 e. The molecule has 114 valence electrons. The van der Waals surface area contributed by atoms with Crippen LogP contribution >= 0.6 is 12.2 Å². The lowest BCUT2D eigenvalue weighted by molar-refractivity contribution is -0.384. The molecule has 2 rings (SSSR count). The van der Waals surface area contributed by atoms with Gasteiger partial charge in [0.25, 0.3) is 5.69 Å². The Morgan fingerprint density at radius 3 is 2.64 bits per heavy atom. The molecule has 0 bridgehead atoms. The number of aryl methyl sites for hydroxylation is 2. The van der Waals surface area contributed by atoms with E-state index < -0.39 is 4.92 Å². The molecule has 0 heterocycles. The van der Waals surface area contributed by atoms with E-state index >= 15 is 0 Å². The smallest absolute Gasteiger partial charge is 0.275 e. The van der Waals surface area contributed by atoms with Crippen molar-refractivity contribution in [3.8, 4) is 11.5 Å². The topological polar surface area (TPSA) is 90.4 Å². The van der Waals surface area contributed by atoms with E-state index in [0.717, 1.165) is 11.1 Å². The average molecular weight is 317 g/mol. The maximum absolute atomic E-state index is 11.0. The number of anilines is 1. The summed E-state index contributed by atoms with van der Waals surface area (Å²) in [6, 6.07) is 10.1. The molecule has 0 amide bonds. The Hall–Kier alpha value is -2.67. The predicted octanol–water partition coefficient (Wildman–Crippen LogP) is 3.66. The van der Waals surface area contributed by atoms with Gasteiger partial charge in [-0.25, -0.2) is 0 Å². The molecule has 0 spiro atoms. The Morgan fingerprint density at radius 1 is 1.27 bits per heavy atom. The zero-order valence-electron chi connectivity index (χ0n) is 12.1. The van der Waals surface area contributed by atoms with Crippen LogP contribution in [0.3, 0.4) is 0 Å². The molecule has 6 nitrogen and oxygen atoms in total. The molecule has 7 heteroatoms. The monoisotopic (exact) mass is 317 g/mol. The summed E-state index contributed by atoms with van der Waals surface area (Å²) in [5.41, 5.74) is 7.67. The van der Waals surface area contributed by atoms with Crippen molar-refractivity contribution in [3.05, 3.63) is 57.6 Å². The minimum Gasteiger partial charge on any atom is -0.457 e. The molecule has 0 saturated heterocycles. The van der Waals surface area contributed by atoms with Gasteiger partial charge in [0, 0.05) is 12.1 Å². The number of benzene rings is 2. The summed E-state index contributed by atoms with van der Waals surface area (Å²) < 4.78 is 5.77. The van der Waals surface area contributed by atoms with Gasteiger partial charge in [0.15, 0.2) is 5.11 Å². The number of nitrogens with two attached hydrogens (primary N) is 1. The highest BCUT2D eigenvalue weighted by atomic mass is 32.1. The minimum atomic E-state index is -0.499. The summed E-state index contributed by atoms with van der Waals surface area (Å²) >= 11 is 4.75. The van der Waals surface area contributed by atoms with Crippen LogP contribution in [0.5, 0.6) is 11.5 Å². The van der Waals surface area contributed by atoms with Crippen molar-refractivity contribution >= 4 is 28.7 Å². The van der Waals surface area contributed by atoms with Crippen LogP contribution in [-0.4, -0.2) is 10.0 Å². The van der Waals surface area contributed by atoms with Gasteiger partial charge in [-0.2, -0.15) is 0 Å². The number of thiocarbonyl (C=S) groups is 1. The zero-order valence-corrected chi connectivity index (χ0v) is 12.9. The second-order valence-corrected chi connectivity index (χ2v) is 5.27. The highest BCUT2D eigenvalue weighted by Gasteiger charge is 2.12. The van der Waals surface area contributed by atoms with Gasteiger partial charge in [-0.1, -0.05) is 12.1 Å². The fourth-order valence-electron chi connectivity index (χ4n) is 1.91. The molecule has 0 aliphatic rings. The molecule has 0 aromatic heterocycles. The molecule has 0 aliphatic heterocycles. The van der Waals surface area contributed by atoms with Crippen LogP contribution in [0.4, 0.5) is 11.4 Å². The lowest BCUT2D eigenvalue weighted by Crippen LogP contribution is -2.18. The number of nitrogens with one attached hydrogen (secondary N) is 1. The minimum absolute atomic E-state index is 0.0261. The highest BCUT2D eigenvalue weighted by Crippen LogP contribution is 2.31. The molecule has 0 fully saturated rings. The second-order valence-electron chi connectivity index (χ2n) is 4.83. The molecule has 3 N–H and O–H groups in total. The van der Waals surface area contributed by atoms with Crippen LogP contribution in [0.1, 0.15) is 11.1 Å². The molecule has 0 atom stereocenters. The van der Waals surface area contributed by atoms with Gasteiger partial charge >= 0.3 is 0 Å². The Balaban J connectivity index is 2.40. The number of nitrogens with zero attached hydrogens (tertiary/aromatic N) is 1. The second kappa shape index (κ2) is 6.40. The van der Waals surface area contributed by atoms with Crippen LogP contribution in [0.25, 0.3) is 0 Å². The molecule has 0 unspecified atom stereocenters. The number of non-ortho nitro benzene ring substituents is 1. The van der Waals surface area contributed by atoms with Crippen molar-refractivity contribution in [1.82, 2.24) is 0 Å². The quantitative estimate of drug-likeness (QED) is 0.508. The van der Waals surface area contributed by atoms with Crippen LogP contribution in [0, 0.1) is 24.0 Å². The molecule has 2 aromatic rings. The van der Waals surface area contributed by atoms with Crippen LogP contribution in [0.2, 0.25) is 0 Å². The van der Waals surface area contributed by atoms with E-state index in [0.29, 0.717) is 17.2 Å². The number of nitro benzene ring substituents is 1. The summed E-state index contributed by atoms with van der Waals surface area (Å²) in [6.07, 6.45) is 0. The van der Waals surface area contributed by atoms with E-state index in [1.165, 1.54) is 12.1 Å². The first-order valence-electron chi connectivity index (χ1n) is 6.46.